The Balaban J connectivity index is 0.00000144. The molecule has 1 aliphatic rings. The summed E-state index contributed by atoms with van der Waals surface area (Å²) in [6.45, 7) is 0. The van der Waals surface area contributed by atoms with Gasteiger partial charge in [0.25, 0.3) is 0 Å². The monoisotopic (exact) mass is 383 g/mol. The van der Waals surface area contributed by atoms with Crippen molar-refractivity contribution in [1.29, 1.82) is 0 Å². The quantitative estimate of drug-likeness (QED) is 0.831. The number of nitrogens with two attached hydrogens (primary N) is 1. The molecule has 1 fully saturated rings. The van der Waals surface area contributed by atoms with Gasteiger partial charge in [0, 0.05) is 8.95 Å². The van der Waals surface area contributed by atoms with Crippen molar-refractivity contribution in [3.05, 3.63) is 32.7 Å². The summed E-state index contributed by atoms with van der Waals surface area (Å²) in [6.07, 6.45) is 2.98. The van der Waals surface area contributed by atoms with Crippen molar-refractivity contribution >= 4 is 44.3 Å². The average molecular weight is 386 g/mol. The van der Waals surface area contributed by atoms with E-state index in [0.29, 0.717) is 5.92 Å². The predicted molar refractivity (Wildman–Crippen MR) is 79.4 cm³/mol. The second-order valence-corrected chi connectivity index (χ2v) is 6.14. The van der Waals surface area contributed by atoms with Crippen molar-refractivity contribution in [3.8, 4) is 0 Å². The highest BCUT2D eigenvalue weighted by Gasteiger charge is 2.31. The van der Waals surface area contributed by atoms with Crippen LogP contribution in [0.3, 0.4) is 0 Å². The number of aliphatic hydroxyl groups is 1. The number of benzene rings is 1. The van der Waals surface area contributed by atoms with Gasteiger partial charge in [-0.2, -0.15) is 0 Å². The first-order valence-electron chi connectivity index (χ1n) is 5.48. The third kappa shape index (κ3) is 3.44. The molecule has 1 saturated carbocycles. The van der Waals surface area contributed by atoms with Crippen LogP contribution in [-0.4, -0.2) is 11.2 Å². The first-order valence-corrected chi connectivity index (χ1v) is 7.07. The second-order valence-electron chi connectivity index (χ2n) is 4.37. The van der Waals surface area contributed by atoms with Crippen LogP contribution < -0.4 is 5.73 Å². The molecule has 3 N–H and O–H groups in total. The Labute approximate surface area is 125 Å². The third-order valence-electron chi connectivity index (χ3n) is 3.32. The van der Waals surface area contributed by atoms with Crippen LogP contribution in [-0.2, 0) is 0 Å². The Morgan fingerprint density at radius 3 is 2.47 bits per heavy atom. The van der Waals surface area contributed by atoms with E-state index in [2.05, 4.69) is 31.9 Å². The first kappa shape index (κ1) is 15.4. The van der Waals surface area contributed by atoms with Gasteiger partial charge in [0.15, 0.2) is 0 Å². The maximum Gasteiger partial charge on any atom is 0.0761 e. The third-order valence-corrected chi connectivity index (χ3v) is 4.53. The van der Waals surface area contributed by atoms with Gasteiger partial charge in [0.2, 0.25) is 0 Å². The van der Waals surface area contributed by atoms with Gasteiger partial charge in [-0.05, 0) is 42.5 Å². The van der Waals surface area contributed by atoms with E-state index < -0.39 is 6.10 Å². The molecule has 5 heteroatoms. The molecule has 17 heavy (non-hydrogen) atoms. The van der Waals surface area contributed by atoms with Crippen molar-refractivity contribution in [2.75, 3.05) is 0 Å². The lowest BCUT2D eigenvalue weighted by Gasteiger charge is -2.34. The highest BCUT2D eigenvalue weighted by molar-refractivity contribution is 9.11. The molecule has 0 spiro atoms. The maximum absolute atomic E-state index is 10.1. The molecular formula is C12H16Br2ClNO. The zero-order chi connectivity index (χ0) is 11.7. The summed E-state index contributed by atoms with van der Waals surface area (Å²) in [4.78, 5) is 0. The highest BCUT2D eigenvalue weighted by atomic mass is 79.9. The van der Waals surface area contributed by atoms with Crippen LogP contribution in [0.15, 0.2) is 27.1 Å². The summed E-state index contributed by atoms with van der Waals surface area (Å²) >= 11 is 6.90. The van der Waals surface area contributed by atoms with Gasteiger partial charge in [0.05, 0.1) is 12.1 Å². The molecule has 0 unspecified atom stereocenters. The molecule has 0 aromatic heterocycles. The van der Waals surface area contributed by atoms with Crippen LogP contribution in [0.2, 0.25) is 0 Å². The molecule has 2 atom stereocenters. The molecule has 96 valence electrons. The van der Waals surface area contributed by atoms with Gasteiger partial charge >= 0.3 is 0 Å². The van der Waals surface area contributed by atoms with E-state index in [0.717, 1.165) is 27.4 Å². The van der Waals surface area contributed by atoms with Crippen molar-refractivity contribution < 1.29 is 5.11 Å². The lowest BCUT2D eigenvalue weighted by atomic mass is 9.77. The molecule has 1 aliphatic carbocycles. The molecule has 0 heterocycles. The van der Waals surface area contributed by atoms with Gasteiger partial charge in [-0.1, -0.05) is 38.3 Å². The largest absolute Gasteiger partial charge is 0.391 e. The zero-order valence-electron chi connectivity index (χ0n) is 9.27. The van der Waals surface area contributed by atoms with Crippen LogP contribution in [0.5, 0.6) is 0 Å². The van der Waals surface area contributed by atoms with Crippen molar-refractivity contribution in [2.24, 2.45) is 11.7 Å². The standard InChI is InChI=1S/C12H15Br2NO.ClH/c13-8-4-5-10(14)9(6-8)11(15)12(16)7-2-1-3-7;/h4-7,11-12,16H,1-3,15H2;1H/t11-,12+;/m0./s1. The Kier molecular flexibility index (Phi) is 5.93. The number of hydrogen-bond donors (Lipinski definition) is 2. The van der Waals surface area contributed by atoms with Crippen LogP contribution in [0, 0.1) is 5.92 Å². The lowest BCUT2D eigenvalue weighted by Crippen LogP contribution is -2.36. The molecule has 0 radical (unpaired) electrons. The van der Waals surface area contributed by atoms with Gasteiger partial charge in [-0.15, -0.1) is 12.4 Å². The van der Waals surface area contributed by atoms with E-state index in [1.807, 2.05) is 18.2 Å². The Morgan fingerprint density at radius 2 is 1.94 bits per heavy atom. The van der Waals surface area contributed by atoms with Crippen LogP contribution in [0.4, 0.5) is 0 Å². The van der Waals surface area contributed by atoms with E-state index >= 15 is 0 Å². The average Bonchev–Trinajstić information content (AvgIpc) is 2.18. The number of rotatable bonds is 3. The minimum Gasteiger partial charge on any atom is -0.391 e. The van der Waals surface area contributed by atoms with Crippen molar-refractivity contribution in [2.45, 2.75) is 31.4 Å². The fourth-order valence-electron chi connectivity index (χ4n) is 2.03. The second kappa shape index (κ2) is 6.53. The normalized spacial score (nSPS) is 19.1. The Hall–Kier alpha value is 0.390. The van der Waals surface area contributed by atoms with Gasteiger partial charge in [-0.3, -0.25) is 0 Å². The molecule has 0 saturated heterocycles. The van der Waals surface area contributed by atoms with E-state index in [-0.39, 0.29) is 18.4 Å². The minimum atomic E-state index is -0.431. The number of aliphatic hydroxyl groups excluding tert-OH is 1. The number of halogens is 3. The summed E-state index contributed by atoms with van der Waals surface area (Å²) in [7, 11) is 0. The predicted octanol–water partition coefficient (Wildman–Crippen LogP) is 3.79. The molecule has 0 aliphatic heterocycles. The summed E-state index contributed by atoms with van der Waals surface area (Å²) in [5.74, 6) is 0.376. The Bertz CT molecular complexity index is 385. The van der Waals surface area contributed by atoms with Gasteiger partial charge < -0.3 is 10.8 Å². The van der Waals surface area contributed by atoms with E-state index in [1.165, 1.54) is 6.42 Å². The minimum absolute atomic E-state index is 0. The molecule has 2 rings (SSSR count). The van der Waals surface area contributed by atoms with Crippen LogP contribution >= 0.6 is 44.3 Å². The van der Waals surface area contributed by atoms with Gasteiger partial charge in [-0.25, -0.2) is 0 Å². The van der Waals surface area contributed by atoms with Crippen molar-refractivity contribution in [3.63, 3.8) is 0 Å². The summed E-state index contributed by atoms with van der Waals surface area (Å²) in [6, 6.07) is 5.57. The lowest BCUT2D eigenvalue weighted by molar-refractivity contribution is 0.0412. The van der Waals surface area contributed by atoms with E-state index in [4.69, 9.17) is 5.73 Å². The summed E-state index contributed by atoms with van der Waals surface area (Å²) in [5, 5.41) is 10.1. The molecular weight excluding hydrogens is 369 g/mol. The highest BCUT2D eigenvalue weighted by Crippen LogP contribution is 2.36. The molecule has 0 amide bonds. The van der Waals surface area contributed by atoms with Crippen molar-refractivity contribution in [1.82, 2.24) is 0 Å². The van der Waals surface area contributed by atoms with Gasteiger partial charge in [0.1, 0.15) is 0 Å². The topological polar surface area (TPSA) is 46.2 Å². The maximum atomic E-state index is 10.1. The fourth-order valence-corrected chi connectivity index (χ4v) is 2.92. The van der Waals surface area contributed by atoms with Crippen LogP contribution in [0.1, 0.15) is 30.9 Å². The smallest absolute Gasteiger partial charge is 0.0761 e. The molecule has 2 nitrogen and oxygen atoms in total. The fraction of sp³-hybridized carbons (Fsp3) is 0.500. The summed E-state index contributed by atoms with van der Waals surface area (Å²) in [5.41, 5.74) is 7.08. The summed E-state index contributed by atoms with van der Waals surface area (Å²) < 4.78 is 1.95. The first-order chi connectivity index (χ1) is 7.59. The Morgan fingerprint density at radius 1 is 1.29 bits per heavy atom. The zero-order valence-corrected chi connectivity index (χ0v) is 13.3. The van der Waals surface area contributed by atoms with E-state index in [9.17, 15) is 5.11 Å². The SMILES string of the molecule is Cl.N[C@@H](c1cc(Br)ccc1Br)[C@H](O)C1CCC1. The molecule has 1 aromatic carbocycles. The van der Waals surface area contributed by atoms with Crippen LogP contribution in [0.25, 0.3) is 0 Å². The molecule has 0 bridgehead atoms. The van der Waals surface area contributed by atoms with E-state index in [1.54, 1.807) is 0 Å². The number of hydrogen-bond acceptors (Lipinski definition) is 2. The molecule has 1 aromatic rings.